The van der Waals surface area contributed by atoms with Crippen molar-refractivity contribution >= 4 is 0 Å². The number of hydroxylamine groups is 2. The predicted molar refractivity (Wildman–Crippen MR) is 147 cm³/mol. The summed E-state index contributed by atoms with van der Waals surface area (Å²) in [6.45, 7) is 1.61. The van der Waals surface area contributed by atoms with Crippen molar-refractivity contribution in [1.29, 1.82) is 0 Å². The molecular weight excluding hydrogens is 474 g/mol. The maximum Gasteiger partial charge on any atom is 0.113 e. The molecule has 5 heteroatoms. The molecule has 4 atom stereocenters. The van der Waals surface area contributed by atoms with Crippen LogP contribution >= 0.6 is 0 Å². The van der Waals surface area contributed by atoms with Crippen molar-refractivity contribution in [1.82, 2.24) is 5.06 Å². The van der Waals surface area contributed by atoms with Gasteiger partial charge in [0.1, 0.15) is 18.3 Å². The first-order valence-corrected chi connectivity index (χ1v) is 13.2. The first-order valence-electron chi connectivity index (χ1n) is 13.2. The van der Waals surface area contributed by atoms with E-state index >= 15 is 0 Å². The van der Waals surface area contributed by atoms with E-state index in [0.717, 1.165) is 22.3 Å². The van der Waals surface area contributed by atoms with E-state index in [4.69, 9.17) is 14.2 Å². The van der Waals surface area contributed by atoms with Crippen LogP contribution in [0.5, 0.6) is 0 Å². The van der Waals surface area contributed by atoms with E-state index in [2.05, 4.69) is 36.4 Å². The quantitative estimate of drug-likeness (QED) is 0.266. The average molecular weight is 510 g/mol. The van der Waals surface area contributed by atoms with Gasteiger partial charge in [0.05, 0.1) is 32.4 Å². The largest absolute Gasteiger partial charge is 0.369 e. The van der Waals surface area contributed by atoms with Gasteiger partial charge in [-0.05, 0) is 28.7 Å². The maximum absolute atomic E-state index is 11.3. The highest BCUT2D eigenvalue weighted by molar-refractivity contribution is 5.19. The topological polar surface area (TPSA) is 51.2 Å². The van der Waals surface area contributed by atoms with E-state index in [1.807, 2.05) is 84.9 Å². The lowest BCUT2D eigenvalue weighted by Gasteiger charge is -2.46. The van der Waals surface area contributed by atoms with Gasteiger partial charge in [-0.2, -0.15) is 5.06 Å². The van der Waals surface area contributed by atoms with E-state index < -0.39 is 6.10 Å². The highest BCUT2D eigenvalue weighted by atomic mass is 16.6. The fourth-order valence-electron chi connectivity index (χ4n) is 4.97. The van der Waals surface area contributed by atoms with E-state index in [1.165, 1.54) is 5.06 Å². The van der Waals surface area contributed by atoms with Gasteiger partial charge in [-0.15, -0.1) is 0 Å². The summed E-state index contributed by atoms with van der Waals surface area (Å²) in [5.74, 6) is 0. The van der Waals surface area contributed by atoms with Gasteiger partial charge in [-0.25, -0.2) is 0 Å². The Morgan fingerprint density at radius 3 is 1.39 bits per heavy atom. The van der Waals surface area contributed by atoms with Gasteiger partial charge >= 0.3 is 0 Å². The third kappa shape index (κ3) is 7.16. The van der Waals surface area contributed by atoms with Crippen LogP contribution in [-0.2, 0) is 40.5 Å². The van der Waals surface area contributed by atoms with Crippen molar-refractivity contribution < 1.29 is 19.4 Å². The molecule has 0 aromatic heterocycles. The summed E-state index contributed by atoms with van der Waals surface area (Å²) >= 11 is 0. The summed E-state index contributed by atoms with van der Waals surface area (Å²) < 4.78 is 19.6. The number of benzene rings is 4. The van der Waals surface area contributed by atoms with Crippen LogP contribution in [-0.4, -0.2) is 41.2 Å². The molecule has 4 aromatic rings. The predicted octanol–water partition coefficient (Wildman–Crippen LogP) is 6.06. The molecule has 1 N–H and O–H groups in total. The van der Waals surface area contributed by atoms with Crippen molar-refractivity contribution in [2.45, 2.75) is 50.6 Å². The molecule has 0 spiro atoms. The van der Waals surface area contributed by atoms with Crippen LogP contribution in [0.15, 0.2) is 121 Å². The zero-order chi connectivity index (χ0) is 26.0. The normalized spacial score (nSPS) is 21.8. The molecule has 38 heavy (non-hydrogen) atoms. The van der Waals surface area contributed by atoms with E-state index in [9.17, 15) is 5.21 Å². The summed E-state index contributed by atoms with van der Waals surface area (Å²) in [7, 11) is 0. The summed E-state index contributed by atoms with van der Waals surface area (Å²) in [5, 5.41) is 12.7. The van der Waals surface area contributed by atoms with Gasteiger partial charge in [0, 0.05) is 0 Å². The molecule has 1 heterocycles. The summed E-state index contributed by atoms with van der Waals surface area (Å²) in [4.78, 5) is 0. The van der Waals surface area contributed by atoms with Crippen LogP contribution in [0.3, 0.4) is 0 Å². The standard InChI is InChI=1S/C33H35NO4/c35-34-22-31(36-23-27-15-7-2-8-16-27)33(38-25-29-19-11-4-12-20-29)32(37-24-28-17-9-3-10-18-28)30(34)21-26-13-5-1-6-14-26/h1-20,30-33,35H,21-25H2/t30-,31-,32-,33-/m1/s1. The molecule has 0 saturated carbocycles. The Morgan fingerprint density at radius 2 is 0.921 bits per heavy atom. The number of nitrogens with zero attached hydrogens (tertiary/aromatic N) is 1. The second-order valence-corrected chi connectivity index (χ2v) is 9.74. The van der Waals surface area contributed by atoms with Crippen LogP contribution in [0.2, 0.25) is 0 Å². The molecular formula is C33H35NO4. The van der Waals surface area contributed by atoms with Gasteiger partial charge < -0.3 is 19.4 Å². The maximum atomic E-state index is 11.3. The minimum absolute atomic E-state index is 0.293. The molecule has 1 fully saturated rings. The fraction of sp³-hybridized carbons (Fsp3) is 0.273. The van der Waals surface area contributed by atoms with Crippen LogP contribution in [0.1, 0.15) is 22.3 Å². The number of hydrogen-bond acceptors (Lipinski definition) is 5. The Bertz CT molecular complexity index is 1210. The minimum Gasteiger partial charge on any atom is -0.369 e. The minimum atomic E-state index is -0.418. The van der Waals surface area contributed by atoms with Crippen molar-refractivity contribution in [2.24, 2.45) is 0 Å². The number of ether oxygens (including phenoxy) is 3. The molecule has 4 aromatic carbocycles. The molecule has 5 nitrogen and oxygen atoms in total. The highest BCUT2D eigenvalue weighted by Gasteiger charge is 2.45. The monoisotopic (exact) mass is 509 g/mol. The third-order valence-corrected chi connectivity index (χ3v) is 6.98. The van der Waals surface area contributed by atoms with Crippen LogP contribution < -0.4 is 0 Å². The first kappa shape index (κ1) is 26.3. The lowest BCUT2D eigenvalue weighted by Crippen LogP contribution is -2.63. The number of rotatable bonds is 11. The Balaban J connectivity index is 1.41. The second kappa shape index (κ2) is 13.5. The SMILES string of the molecule is ON1C[C@@H](OCc2ccccc2)[C@@H](OCc2ccccc2)[C@H](OCc2ccccc2)[C@H]1Cc1ccccc1. The van der Waals surface area contributed by atoms with Crippen molar-refractivity contribution in [3.63, 3.8) is 0 Å². The smallest absolute Gasteiger partial charge is 0.113 e. The van der Waals surface area contributed by atoms with E-state index in [-0.39, 0.29) is 18.2 Å². The Hall–Kier alpha value is -3.32. The number of piperidine rings is 1. The molecule has 0 aliphatic carbocycles. The fourth-order valence-corrected chi connectivity index (χ4v) is 4.97. The summed E-state index contributed by atoms with van der Waals surface area (Å²) in [6.07, 6.45) is -0.539. The molecule has 0 unspecified atom stereocenters. The Kier molecular flexibility index (Phi) is 9.32. The molecule has 1 aliphatic heterocycles. The van der Waals surface area contributed by atoms with Crippen molar-refractivity contribution in [2.75, 3.05) is 6.54 Å². The lowest BCUT2D eigenvalue weighted by atomic mass is 9.90. The zero-order valence-electron chi connectivity index (χ0n) is 21.5. The first-order chi connectivity index (χ1) is 18.8. The third-order valence-electron chi connectivity index (χ3n) is 6.98. The van der Waals surface area contributed by atoms with E-state index in [1.54, 1.807) is 0 Å². The lowest BCUT2D eigenvalue weighted by molar-refractivity contribution is -0.265. The van der Waals surface area contributed by atoms with Gasteiger partial charge in [-0.3, -0.25) is 0 Å². The van der Waals surface area contributed by atoms with Gasteiger partial charge in [-0.1, -0.05) is 121 Å². The molecule has 0 amide bonds. The van der Waals surface area contributed by atoms with Crippen molar-refractivity contribution in [3.05, 3.63) is 144 Å². The Morgan fingerprint density at radius 1 is 0.526 bits per heavy atom. The average Bonchev–Trinajstić information content (AvgIpc) is 2.98. The summed E-state index contributed by atoms with van der Waals surface area (Å²) in [6, 6.07) is 40.3. The van der Waals surface area contributed by atoms with Crippen molar-refractivity contribution in [3.8, 4) is 0 Å². The molecule has 1 aliphatic rings. The second-order valence-electron chi connectivity index (χ2n) is 9.74. The molecule has 1 saturated heterocycles. The molecule has 196 valence electrons. The van der Waals surface area contributed by atoms with Crippen LogP contribution in [0.4, 0.5) is 0 Å². The van der Waals surface area contributed by atoms with E-state index in [0.29, 0.717) is 32.8 Å². The van der Waals surface area contributed by atoms with Crippen LogP contribution in [0.25, 0.3) is 0 Å². The van der Waals surface area contributed by atoms with Gasteiger partial charge in [0.2, 0.25) is 0 Å². The molecule has 0 radical (unpaired) electrons. The van der Waals surface area contributed by atoms with Gasteiger partial charge in [0.25, 0.3) is 0 Å². The zero-order valence-corrected chi connectivity index (χ0v) is 21.5. The Labute approximate surface area is 225 Å². The highest BCUT2D eigenvalue weighted by Crippen LogP contribution is 2.29. The molecule has 5 rings (SSSR count). The molecule has 0 bridgehead atoms. The summed E-state index contributed by atoms with van der Waals surface area (Å²) in [5.41, 5.74) is 4.37. The van der Waals surface area contributed by atoms with Crippen LogP contribution in [0, 0.1) is 0 Å². The number of hydrogen-bond donors (Lipinski definition) is 1. The van der Waals surface area contributed by atoms with Gasteiger partial charge in [0.15, 0.2) is 0 Å².